The summed E-state index contributed by atoms with van der Waals surface area (Å²) in [5.41, 5.74) is 1.33. The highest BCUT2D eigenvalue weighted by molar-refractivity contribution is 5.87. The number of nitrogens with one attached hydrogen (secondary N) is 1. The highest BCUT2D eigenvalue weighted by Crippen LogP contribution is 2.04. The third kappa shape index (κ3) is 4.28. The van der Waals surface area contributed by atoms with E-state index in [2.05, 4.69) is 24.4 Å². The number of carboxylic acid groups (broad SMARTS) is 1. The van der Waals surface area contributed by atoms with Crippen LogP contribution in [0.2, 0.25) is 0 Å². The van der Waals surface area contributed by atoms with Gasteiger partial charge in [0.25, 0.3) is 0 Å². The molecule has 3 heteroatoms. The molecule has 3 nitrogen and oxygen atoms in total. The molecule has 0 aliphatic rings. The molecule has 0 unspecified atom stereocenters. The number of hydrogen-bond donors (Lipinski definition) is 2. The van der Waals surface area contributed by atoms with Crippen molar-refractivity contribution in [2.24, 2.45) is 0 Å². The fraction of sp³-hybridized carbons (Fsp3) is 0.308. The SMILES string of the molecule is CC/C=C/CNCc1cccc(C(=O)O)c1. The van der Waals surface area contributed by atoms with Crippen molar-refractivity contribution in [2.75, 3.05) is 6.54 Å². The summed E-state index contributed by atoms with van der Waals surface area (Å²) in [6, 6.07) is 6.98. The van der Waals surface area contributed by atoms with Crippen molar-refractivity contribution in [3.63, 3.8) is 0 Å². The van der Waals surface area contributed by atoms with E-state index < -0.39 is 5.97 Å². The van der Waals surface area contributed by atoms with Crippen LogP contribution in [0.3, 0.4) is 0 Å². The lowest BCUT2D eigenvalue weighted by Crippen LogP contribution is -2.13. The molecule has 0 fully saturated rings. The van der Waals surface area contributed by atoms with Gasteiger partial charge in [-0.05, 0) is 24.1 Å². The van der Waals surface area contributed by atoms with Gasteiger partial charge in [0.15, 0.2) is 0 Å². The Balaban J connectivity index is 2.45. The predicted octanol–water partition coefficient (Wildman–Crippen LogP) is 2.44. The lowest BCUT2D eigenvalue weighted by atomic mass is 10.1. The molecule has 2 N–H and O–H groups in total. The van der Waals surface area contributed by atoms with Gasteiger partial charge in [-0.1, -0.05) is 31.2 Å². The Bertz CT molecular complexity index is 372. The Morgan fingerprint density at radius 1 is 1.44 bits per heavy atom. The van der Waals surface area contributed by atoms with E-state index in [-0.39, 0.29) is 0 Å². The topological polar surface area (TPSA) is 49.3 Å². The van der Waals surface area contributed by atoms with Gasteiger partial charge in [-0.25, -0.2) is 4.79 Å². The normalized spacial score (nSPS) is 10.8. The lowest BCUT2D eigenvalue weighted by Gasteiger charge is -2.03. The fourth-order valence-electron chi connectivity index (χ4n) is 1.36. The van der Waals surface area contributed by atoms with Crippen molar-refractivity contribution in [3.05, 3.63) is 47.5 Å². The summed E-state index contributed by atoms with van der Waals surface area (Å²) >= 11 is 0. The van der Waals surface area contributed by atoms with Gasteiger partial charge in [0.1, 0.15) is 0 Å². The maximum Gasteiger partial charge on any atom is 0.335 e. The first-order valence-corrected chi connectivity index (χ1v) is 5.42. The first-order chi connectivity index (χ1) is 7.74. The summed E-state index contributed by atoms with van der Waals surface area (Å²) in [4.78, 5) is 10.7. The quantitative estimate of drug-likeness (QED) is 0.570. The average molecular weight is 219 g/mol. The summed E-state index contributed by atoms with van der Waals surface area (Å²) < 4.78 is 0. The molecule has 0 radical (unpaired) electrons. The van der Waals surface area contributed by atoms with Crippen LogP contribution < -0.4 is 5.32 Å². The molecule has 86 valence electrons. The van der Waals surface area contributed by atoms with Crippen LogP contribution in [0.1, 0.15) is 29.3 Å². The molecule has 0 bridgehead atoms. The number of rotatable bonds is 6. The summed E-state index contributed by atoms with van der Waals surface area (Å²) in [6.07, 6.45) is 5.21. The maximum atomic E-state index is 10.7. The summed E-state index contributed by atoms with van der Waals surface area (Å²) in [7, 11) is 0. The van der Waals surface area contributed by atoms with Crippen LogP contribution in [0.4, 0.5) is 0 Å². The Hall–Kier alpha value is -1.61. The average Bonchev–Trinajstić information content (AvgIpc) is 2.29. The van der Waals surface area contributed by atoms with E-state index in [1.165, 1.54) is 0 Å². The number of carbonyl (C=O) groups is 1. The third-order valence-corrected chi connectivity index (χ3v) is 2.17. The Morgan fingerprint density at radius 2 is 2.25 bits per heavy atom. The van der Waals surface area contributed by atoms with Crippen LogP contribution in [0.25, 0.3) is 0 Å². The van der Waals surface area contributed by atoms with Crippen molar-refractivity contribution < 1.29 is 9.90 Å². The minimum Gasteiger partial charge on any atom is -0.478 e. The minimum atomic E-state index is -0.882. The van der Waals surface area contributed by atoms with Crippen LogP contribution in [-0.4, -0.2) is 17.6 Å². The van der Waals surface area contributed by atoms with Crippen molar-refractivity contribution in [3.8, 4) is 0 Å². The second-order valence-corrected chi connectivity index (χ2v) is 3.52. The number of allylic oxidation sites excluding steroid dienone is 1. The molecule has 0 amide bonds. The number of carboxylic acids is 1. The maximum absolute atomic E-state index is 10.7. The fourth-order valence-corrected chi connectivity index (χ4v) is 1.36. The zero-order valence-corrected chi connectivity index (χ0v) is 9.44. The van der Waals surface area contributed by atoms with E-state index >= 15 is 0 Å². The number of benzene rings is 1. The molecule has 0 aromatic heterocycles. The van der Waals surface area contributed by atoms with Gasteiger partial charge in [-0.2, -0.15) is 0 Å². The lowest BCUT2D eigenvalue weighted by molar-refractivity contribution is 0.0697. The van der Waals surface area contributed by atoms with Gasteiger partial charge < -0.3 is 10.4 Å². The van der Waals surface area contributed by atoms with Gasteiger partial charge in [0, 0.05) is 13.1 Å². The highest BCUT2D eigenvalue weighted by Gasteiger charge is 2.02. The van der Waals surface area contributed by atoms with Gasteiger partial charge >= 0.3 is 5.97 Å². The molecular formula is C13H17NO2. The van der Waals surface area contributed by atoms with Crippen molar-refractivity contribution in [2.45, 2.75) is 19.9 Å². The highest BCUT2D eigenvalue weighted by atomic mass is 16.4. The molecule has 0 spiro atoms. The Labute approximate surface area is 95.8 Å². The van der Waals surface area contributed by atoms with Crippen LogP contribution in [0.5, 0.6) is 0 Å². The molecule has 1 rings (SSSR count). The first kappa shape index (κ1) is 12.5. The molecule has 0 aliphatic carbocycles. The molecule has 0 saturated heterocycles. The van der Waals surface area contributed by atoms with Crippen LogP contribution >= 0.6 is 0 Å². The van der Waals surface area contributed by atoms with Crippen LogP contribution in [0.15, 0.2) is 36.4 Å². The predicted molar refractivity (Wildman–Crippen MR) is 64.5 cm³/mol. The van der Waals surface area contributed by atoms with Gasteiger partial charge in [0.05, 0.1) is 5.56 Å². The zero-order valence-electron chi connectivity index (χ0n) is 9.44. The Morgan fingerprint density at radius 3 is 2.94 bits per heavy atom. The van der Waals surface area contributed by atoms with Crippen LogP contribution in [0, 0.1) is 0 Å². The second kappa shape index (κ2) is 6.80. The van der Waals surface area contributed by atoms with E-state index in [1.54, 1.807) is 18.2 Å². The molecule has 0 saturated carbocycles. The second-order valence-electron chi connectivity index (χ2n) is 3.52. The summed E-state index contributed by atoms with van der Waals surface area (Å²) in [6.45, 7) is 3.59. The van der Waals surface area contributed by atoms with Crippen LogP contribution in [-0.2, 0) is 6.54 Å². The van der Waals surface area contributed by atoms with Gasteiger partial charge in [-0.3, -0.25) is 0 Å². The van der Waals surface area contributed by atoms with Crippen molar-refractivity contribution >= 4 is 5.97 Å². The number of aromatic carboxylic acids is 1. The van der Waals surface area contributed by atoms with E-state index in [4.69, 9.17) is 5.11 Å². The molecule has 0 heterocycles. The summed E-state index contributed by atoms with van der Waals surface area (Å²) in [5, 5.41) is 12.0. The largest absolute Gasteiger partial charge is 0.478 e. The Kier molecular flexibility index (Phi) is 5.29. The molecule has 1 aromatic rings. The molecular weight excluding hydrogens is 202 g/mol. The zero-order chi connectivity index (χ0) is 11.8. The first-order valence-electron chi connectivity index (χ1n) is 5.42. The van der Waals surface area contributed by atoms with Gasteiger partial charge in [-0.15, -0.1) is 0 Å². The van der Waals surface area contributed by atoms with Gasteiger partial charge in [0.2, 0.25) is 0 Å². The van der Waals surface area contributed by atoms with E-state index in [1.807, 2.05) is 6.07 Å². The van der Waals surface area contributed by atoms with Crippen molar-refractivity contribution in [1.82, 2.24) is 5.32 Å². The third-order valence-electron chi connectivity index (χ3n) is 2.17. The van der Waals surface area contributed by atoms with E-state index in [9.17, 15) is 4.79 Å². The molecule has 16 heavy (non-hydrogen) atoms. The van der Waals surface area contributed by atoms with Crippen molar-refractivity contribution in [1.29, 1.82) is 0 Å². The smallest absolute Gasteiger partial charge is 0.335 e. The molecule has 0 aliphatic heterocycles. The minimum absolute atomic E-state index is 0.336. The monoisotopic (exact) mass is 219 g/mol. The van der Waals surface area contributed by atoms with E-state index in [0.717, 1.165) is 18.5 Å². The standard InChI is InChI=1S/C13H17NO2/c1-2-3-4-8-14-10-11-6-5-7-12(9-11)13(15)16/h3-7,9,14H,2,8,10H2,1H3,(H,15,16)/b4-3+. The molecule has 1 aromatic carbocycles. The molecule has 0 atom stereocenters. The van der Waals surface area contributed by atoms with E-state index in [0.29, 0.717) is 12.1 Å². The number of hydrogen-bond acceptors (Lipinski definition) is 2. The summed E-state index contributed by atoms with van der Waals surface area (Å²) in [5.74, 6) is -0.882.